The molecule has 34 heavy (non-hydrogen) atoms. The van der Waals surface area contributed by atoms with Gasteiger partial charge >= 0.3 is 0 Å². The number of nitrogens with zero attached hydrogens (tertiary/aromatic N) is 2. The van der Waals surface area contributed by atoms with Crippen LogP contribution in [0.5, 0.6) is 0 Å². The molecule has 0 aliphatic carbocycles. The minimum absolute atomic E-state index is 0.00172. The predicted octanol–water partition coefficient (Wildman–Crippen LogP) is 3.40. The van der Waals surface area contributed by atoms with Gasteiger partial charge in [0.2, 0.25) is 5.91 Å². The lowest BCUT2D eigenvalue weighted by Crippen LogP contribution is -2.36. The molecule has 0 unspecified atom stereocenters. The Morgan fingerprint density at radius 2 is 1.91 bits per heavy atom. The van der Waals surface area contributed by atoms with E-state index in [1.807, 2.05) is 54.6 Å². The third kappa shape index (κ3) is 5.61. The van der Waals surface area contributed by atoms with Crippen molar-refractivity contribution in [3.63, 3.8) is 0 Å². The lowest BCUT2D eigenvalue weighted by Gasteiger charge is -2.24. The molecule has 2 aromatic carbocycles. The van der Waals surface area contributed by atoms with Crippen molar-refractivity contribution in [2.45, 2.75) is 57.2 Å². The van der Waals surface area contributed by atoms with Crippen LogP contribution in [0, 0.1) is 0 Å². The van der Waals surface area contributed by atoms with Gasteiger partial charge in [-0.15, -0.1) is 0 Å². The summed E-state index contributed by atoms with van der Waals surface area (Å²) in [5.74, 6) is 0.467. The van der Waals surface area contributed by atoms with E-state index in [0.29, 0.717) is 24.4 Å². The van der Waals surface area contributed by atoms with Crippen molar-refractivity contribution in [3.8, 4) is 0 Å². The molecule has 0 bridgehead atoms. The zero-order valence-electron chi connectivity index (χ0n) is 19.5. The smallest absolute Gasteiger partial charge is 0.254 e. The molecule has 0 radical (unpaired) electrons. The minimum atomic E-state index is -0.540. The molecule has 0 fully saturated rings. The van der Waals surface area contributed by atoms with Crippen LogP contribution < -0.4 is 16.2 Å². The summed E-state index contributed by atoms with van der Waals surface area (Å²) >= 11 is 0. The van der Waals surface area contributed by atoms with Crippen LogP contribution in [-0.4, -0.2) is 33.2 Å². The maximum atomic E-state index is 12.8. The Kier molecular flexibility index (Phi) is 7.87. The van der Waals surface area contributed by atoms with Gasteiger partial charge in [-0.1, -0.05) is 55.8 Å². The molecule has 7 heteroatoms. The summed E-state index contributed by atoms with van der Waals surface area (Å²) in [5, 5.41) is 17.2. The molecule has 3 aromatic rings. The standard InChI is InChI=1S/C27H32N4O3/c1-2-6-22(26(33)20-7-4-3-5-8-20)28-17-15-19-9-11-21(12-10-19)30-27(34)23-13-14-24-29-18-16-25(32)31(23)24/h3-5,7-12,16,18,22-23,26,28,33H,2,6,13-15,17H2,1H3,(H,30,34)/t22-,23+,26-/m1/s1. The molecule has 3 atom stereocenters. The van der Waals surface area contributed by atoms with Gasteiger partial charge in [0.15, 0.2) is 0 Å². The van der Waals surface area contributed by atoms with Crippen molar-refractivity contribution in [3.05, 3.63) is 94.2 Å². The number of aliphatic hydroxyl groups excluding tert-OH is 1. The Labute approximate surface area is 199 Å². The number of fused-ring (bicyclic) bond motifs is 1. The molecule has 1 aliphatic heterocycles. The van der Waals surface area contributed by atoms with E-state index in [4.69, 9.17) is 0 Å². The molecular weight excluding hydrogens is 428 g/mol. The SMILES string of the molecule is CCC[C@@H](NCCc1ccc(NC(=O)[C@@H]2CCc3nccc(=O)n32)cc1)[C@H](O)c1ccccc1. The van der Waals surface area contributed by atoms with Gasteiger partial charge in [0.25, 0.3) is 5.56 Å². The summed E-state index contributed by atoms with van der Waals surface area (Å²) in [5.41, 5.74) is 2.58. The highest BCUT2D eigenvalue weighted by Crippen LogP contribution is 2.24. The topological polar surface area (TPSA) is 96.3 Å². The van der Waals surface area contributed by atoms with Gasteiger partial charge in [0, 0.05) is 30.4 Å². The van der Waals surface area contributed by atoms with E-state index in [2.05, 4.69) is 22.5 Å². The molecular formula is C27H32N4O3. The normalized spacial score (nSPS) is 16.6. The Bertz CT molecular complexity index is 1140. The summed E-state index contributed by atoms with van der Waals surface area (Å²) < 4.78 is 1.49. The average Bonchev–Trinajstić information content (AvgIpc) is 3.30. The largest absolute Gasteiger partial charge is 0.387 e. The number of aliphatic hydroxyl groups is 1. The van der Waals surface area contributed by atoms with E-state index in [-0.39, 0.29) is 17.5 Å². The van der Waals surface area contributed by atoms with E-state index < -0.39 is 12.1 Å². The van der Waals surface area contributed by atoms with Gasteiger partial charge in [-0.2, -0.15) is 0 Å². The number of hydrogen-bond donors (Lipinski definition) is 3. The second kappa shape index (κ2) is 11.2. The van der Waals surface area contributed by atoms with Crippen LogP contribution in [0.1, 0.15) is 55.3 Å². The van der Waals surface area contributed by atoms with Crippen LogP contribution in [-0.2, 0) is 17.6 Å². The monoisotopic (exact) mass is 460 g/mol. The molecule has 4 rings (SSSR count). The second-order valence-electron chi connectivity index (χ2n) is 8.76. The van der Waals surface area contributed by atoms with Crippen LogP contribution in [0.4, 0.5) is 5.69 Å². The molecule has 0 saturated heterocycles. The zero-order chi connectivity index (χ0) is 23.9. The van der Waals surface area contributed by atoms with Gasteiger partial charge < -0.3 is 15.7 Å². The number of hydrogen-bond acceptors (Lipinski definition) is 5. The van der Waals surface area contributed by atoms with Crippen molar-refractivity contribution in [2.75, 3.05) is 11.9 Å². The van der Waals surface area contributed by atoms with Crippen LogP contribution >= 0.6 is 0 Å². The van der Waals surface area contributed by atoms with Crippen LogP contribution in [0.15, 0.2) is 71.7 Å². The van der Waals surface area contributed by atoms with Gasteiger partial charge in [-0.25, -0.2) is 4.98 Å². The number of carbonyl (C=O) groups is 1. The third-order valence-electron chi connectivity index (χ3n) is 6.38. The van der Waals surface area contributed by atoms with E-state index >= 15 is 0 Å². The fraction of sp³-hybridized carbons (Fsp3) is 0.370. The molecule has 178 valence electrons. The first-order valence-corrected chi connectivity index (χ1v) is 12.0. The van der Waals surface area contributed by atoms with Crippen molar-refractivity contribution >= 4 is 11.6 Å². The summed E-state index contributed by atoms with van der Waals surface area (Å²) in [6.07, 6.45) is 4.85. The number of carbonyl (C=O) groups excluding carboxylic acids is 1. The lowest BCUT2D eigenvalue weighted by atomic mass is 9.98. The van der Waals surface area contributed by atoms with Gasteiger partial charge in [0.05, 0.1) is 6.10 Å². The Morgan fingerprint density at radius 1 is 1.15 bits per heavy atom. The summed E-state index contributed by atoms with van der Waals surface area (Å²) in [7, 11) is 0. The number of benzene rings is 2. The molecule has 7 nitrogen and oxygen atoms in total. The second-order valence-corrected chi connectivity index (χ2v) is 8.76. The maximum absolute atomic E-state index is 12.8. The van der Waals surface area contributed by atoms with E-state index in [1.165, 1.54) is 16.8 Å². The summed E-state index contributed by atoms with van der Waals surface area (Å²) in [6.45, 7) is 2.87. The van der Waals surface area contributed by atoms with Crippen molar-refractivity contribution in [1.82, 2.24) is 14.9 Å². The van der Waals surface area contributed by atoms with Gasteiger partial charge in [0.1, 0.15) is 11.9 Å². The molecule has 1 amide bonds. The van der Waals surface area contributed by atoms with E-state index in [1.54, 1.807) is 0 Å². The first-order valence-electron chi connectivity index (χ1n) is 12.0. The number of aromatic nitrogens is 2. The Balaban J connectivity index is 1.30. The number of rotatable bonds is 10. The van der Waals surface area contributed by atoms with Gasteiger partial charge in [-0.05, 0) is 49.1 Å². The minimum Gasteiger partial charge on any atom is -0.387 e. The molecule has 0 spiro atoms. The predicted molar refractivity (Wildman–Crippen MR) is 133 cm³/mol. The first kappa shape index (κ1) is 23.9. The summed E-state index contributed by atoms with van der Waals surface area (Å²) in [4.78, 5) is 29.1. The van der Waals surface area contributed by atoms with Crippen LogP contribution in [0.3, 0.4) is 0 Å². The van der Waals surface area contributed by atoms with Crippen LogP contribution in [0.25, 0.3) is 0 Å². The first-order chi connectivity index (χ1) is 16.6. The highest BCUT2D eigenvalue weighted by atomic mass is 16.3. The fourth-order valence-corrected chi connectivity index (χ4v) is 4.57. The average molecular weight is 461 g/mol. The highest BCUT2D eigenvalue weighted by Gasteiger charge is 2.29. The fourth-order valence-electron chi connectivity index (χ4n) is 4.57. The number of nitrogens with one attached hydrogen (secondary N) is 2. The molecule has 0 saturated carbocycles. The van der Waals surface area contributed by atoms with Crippen molar-refractivity contribution in [2.24, 2.45) is 0 Å². The number of anilines is 1. The zero-order valence-corrected chi connectivity index (χ0v) is 19.5. The molecule has 2 heterocycles. The molecule has 3 N–H and O–H groups in total. The van der Waals surface area contributed by atoms with E-state index in [9.17, 15) is 14.7 Å². The van der Waals surface area contributed by atoms with Crippen LogP contribution in [0.2, 0.25) is 0 Å². The summed E-state index contributed by atoms with van der Waals surface area (Å²) in [6, 6.07) is 18.4. The number of aryl methyl sites for hydroxylation is 1. The maximum Gasteiger partial charge on any atom is 0.254 e. The van der Waals surface area contributed by atoms with Crippen molar-refractivity contribution in [1.29, 1.82) is 0 Å². The quantitative estimate of drug-likeness (QED) is 0.431. The highest BCUT2D eigenvalue weighted by molar-refractivity contribution is 5.94. The van der Waals surface area contributed by atoms with Crippen molar-refractivity contribution < 1.29 is 9.90 Å². The Hall–Kier alpha value is -3.29. The third-order valence-corrected chi connectivity index (χ3v) is 6.38. The lowest BCUT2D eigenvalue weighted by molar-refractivity contribution is -0.119. The molecule has 1 aromatic heterocycles. The number of amides is 1. The van der Waals surface area contributed by atoms with Gasteiger partial charge in [-0.3, -0.25) is 14.2 Å². The van der Waals surface area contributed by atoms with E-state index in [0.717, 1.165) is 36.9 Å². The molecule has 1 aliphatic rings. The Morgan fingerprint density at radius 3 is 2.65 bits per heavy atom.